The number of benzene rings is 2. The average Bonchev–Trinajstić information content (AvgIpc) is 2.95. The van der Waals surface area contributed by atoms with E-state index >= 15 is 0 Å². The lowest BCUT2D eigenvalue weighted by molar-refractivity contribution is 0.101. The Morgan fingerprint density at radius 3 is 2.30 bits per heavy atom. The van der Waals surface area contributed by atoms with Crippen LogP contribution in [0.3, 0.4) is 0 Å². The SMILES string of the molecule is CC(=O)c1c(C)nc(SCc2c(F)ccc(F)c2F)n1-c1ccc(F)cc1. The van der Waals surface area contributed by atoms with Gasteiger partial charge in [0.25, 0.3) is 0 Å². The van der Waals surface area contributed by atoms with Crippen molar-refractivity contribution in [3.8, 4) is 5.69 Å². The molecule has 0 atom stereocenters. The molecule has 3 aromatic rings. The molecule has 8 heteroatoms. The van der Waals surface area contributed by atoms with E-state index in [2.05, 4.69) is 4.98 Å². The summed E-state index contributed by atoms with van der Waals surface area (Å²) in [4.78, 5) is 16.4. The fourth-order valence-corrected chi connectivity index (χ4v) is 3.75. The molecule has 0 aliphatic rings. The van der Waals surface area contributed by atoms with Crippen molar-refractivity contribution in [1.82, 2.24) is 9.55 Å². The molecule has 27 heavy (non-hydrogen) atoms. The number of imidazole rings is 1. The number of hydrogen-bond donors (Lipinski definition) is 0. The van der Waals surface area contributed by atoms with Gasteiger partial charge >= 0.3 is 0 Å². The average molecular weight is 394 g/mol. The first kappa shape index (κ1) is 19.2. The lowest BCUT2D eigenvalue weighted by atomic mass is 10.2. The smallest absolute Gasteiger partial charge is 0.178 e. The van der Waals surface area contributed by atoms with Crippen LogP contribution < -0.4 is 0 Å². The zero-order valence-corrected chi connectivity index (χ0v) is 15.2. The molecule has 140 valence electrons. The predicted octanol–water partition coefficient (Wildman–Crippen LogP) is 5.23. The lowest BCUT2D eigenvalue weighted by Crippen LogP contribution is -2.07. The Morgan fingerprint density at radius 2 is 1.67 bits per heavy atom. The Labute approximate surface area is 157 Å². The zero-order chi connectivity index (χ0) is 19.7. The number of hydrogen-bond acceptors (Lipinski definition) is 3. The molecule has 2 aromatic carbocycles. The molecule has 1 heterocycles. The maximum atomic E-state index is 13.9. The number of Topliss-reactive ketones (excluding diaryl/α,β-unsaturated/α-hetero) is 1. The summed E-state index contributed by atoms with van der Waals surface area (Å²) < 4.78 is 55.9. The Bertz CT molecular complexity index is 1020. The first-order valence-electron chi connectivity index (χ1n) is 7.91. The van der Waals surface area contributed by atoms with Crippen molar-refractivity contribution in [2.24, 2.45) is 0 Å². The molecule has 0 bridgehead atoms. The summed E-state index contributed by atoms with van der Waals surface area (Å²) in [7, 11) is 0. The van der Waals surface area contributed by atoms with Crippen molar-refractivity contribution < 1.29 is 22.4 Å². The number of carbonyl (C=O) groups is 1. The van der Waals surface area contributed by atoms with Gasteiger partial charge in [0, 0.05) is 23.9 Å². The van der Waals surface area contributed by atoms with Crippen LogP contribution in [0.2, 0.25) is 0 Å². The maximum Gasteiger partial charge on any atom is 0.178 e. The van der Waals surface area contributed by atoms with Crippen molar-refractivity contribution in [3.63, 3.8) is 0 Å². The number of halogens is 4. The minimum atomic E-state index is -1.26. The molecule has 0 amide bonds. The van der Waals surface area contributed by atoms with Crippen molar-refractivity contribution in [2.45, 2.75) is 24.8 Å². The van der Waals surface area contributed by atoms with Crippen LogP contribution in [0.15, 0.2) is 41.6 Å². The summed E-state index contributed by atoms with van der Waals surface area (Å²) in [6.45, 7) is 2.99. The van der Waals surface area contributed by atoms with Crippen molar-refractivity contribution >= 4 is 17.5 Å². The van der Waals surface area contributed by atoms with E-state index in [1.807, 2.05) is 0 Å². The second-order valence-electron chi connectivity index (χ2n) is 5.81. The minimum Gasteiger partial charge on any atom is -0.293 e. The number of nitrogens with zero attached hydrogens (tertiary/aromatic N) is 2. The molecule has 3 rings (SSSR count). The van der Waals surface area contributed by atoms with Gasteiger partial charge in [0.2, 0.25) is 0 Å². The summed E-state index contributed by atoms with van der Waals surface area (Å²) >= 11 is 0.948. The third kappa shape index (κ3) is 3.75. The Morgan fingerprint density at radius 1 is 1.04 bits per heavy atom. The highest BCUT2D eigenvalue weighted by molar-refractivity contribution is 7.98. The van der Waals surface area contributed by atoms with Crippen molar-refractivity contribution in [2.75, 3.05) is 0 Å². The Kier molecular flexibility index (Phi) is 5.36. The summed E-state index contributed by atoms with van der Waals surface area (Å²) in [5.74, 6) is -4.22. The van der Waals surface area contributed by atoms with Crippen LogP contribution in [-0.2, 0) is 5.75 Å². The van der Waals surface area contributed by atoms with Crippen LogP contribution in [0.5, 0.6) is 0 Å². The molecule has 0 saturated carbocycles. The van der Waals surface area contributed by atoms with Gasteiger partial charge in [-0.3, -0.25) is 9.36 Å². The van der Waals surface area contributed by atoms with Gasteiger partial charge in [-0.25, -0.2) is 22.5 Å². The van der Waals surface area contributed by atoms with Gasteiger partial charge in [-0.15, -0.1) is 0 Å². The van der Waals surface area contributed by atoms with E-state index in [1.54, 1.807) is 6.92 Å². The van der Waals surface area contributed by atoms with Gasteiger partial charge < -0.3 is 0 Å². The first-order chi connectivity index (χ1) is 12.8. The minimum absolute atomic E-state index is 0.232. The number of aromatic nitrogens is 2. The third-order valence-corrected chi connectivity index (χ3v) is 4.89. The molecule has 0 saturated heterocycles. The second kappa shape index (κ2) is 7.56. The first-order valence-corrected chi connectivity index (χ1v) is 8.89. The van der Waals surface area contributed by atoms with E-state index in [9.17, 15) is 22.4 Å². The number of rotatable bonds is 5. The predicted molar refractivity (Wildman–Crippen MR) is 94.1 cm³/mol. The highest BCUT2D eigenvalue weighted by atomic mass is 32.2. The van der Waals surface area contributed by atoms with E-state index in [0.717, 1.165) is 23.9 Å². The number of aryl methyl sites for hydroxylation is 1. The van der Waals surface area contributed by atoms with Gasteiger partial charge in [0.15, 0.2) is 22.6 Å². The quantitative estimate of drug-likeness (QED) is 0.257. The summed E-state index contributed by atoms with van der Waals surface area (Å²) in [6, 6.07) is 6.97. The van der Waals surface area contributed by atoms with Crippen LogP contribution in [0.4, 0.5) is 17.6 Å². The van der Waals surface area contributed by atoms with E-state index in [0.29, 0.717) is 11.4 Å². The monoisotopic (exact) mass is 394 g/mol. The van der Waals surface area contributed by atoms with Gasteiger partial charge in [0.1, 0.15) is 17.3 Å². The van der Waals surface area contributed by atoms with Crippen LogP contribution in [-0.4, -0.2) is 15.3 Å². The molecular weight excluding hydrogens is 380 g/mol. The van der Waals surface area contributed by atoms with E-state index in [-0.39, 0.29) is 22.4 Å². The zero-order valence-electron chi connectivity index (χ0n) is 14.4. The fraction of sp³-hybridized carbons (Fsp3) is 0.158. The van der Waals surface area contributed by atoms with Gasteiger partial charge in [-0.05, 0) is 43.3 Å². The molecule has 0 fully saturated rings. The fourth-order valence-electron chi connectivity index (χ4n) is 2.68. The molecule has 0 aliphatic heterocycles. The van der Waals surface area contributed by atoms with Gasteiger partial charge in [-0.2, -0.15) is 0 Å². The van der Waals surface area contributed by atoms with Gasteiger partial charge in [-0.1, -0.05) is 11.8 Å². The number of thioether (sulfide) groups is 1. The van der Waals surface area contributed by atoms with Crippen molar-refractivity contribution in [1.29, 1.82) is 0 Å². The molecule has 0 spiro atoms. The Balaban J connectivity index is 2.04. The molecule has 0 unspecified atom stereocenters. The molecule has 0 aliphatic carbocycles. The number of ketones is 1. The summed E-state index contributed by atoms with van der Waals surface area (Å²) in [5.41, 5.74) is 0.763. The number of carbonyl (C=O) groups excluding carboxylic acids is 1. The van der Waals surface area contributed by atoms with Crippen molar-refractivity contribution in [3.05, 3.63) is 76.6 Å². The standard InChI is InChI=1S/C19H14F4N2OS/c1-10-18(11(2)26)25(13-5-3-12(20)4-6-13)19(24-10)27-9-14-15(21)7-8-16(22)17(14)23/h3-8H,9H2,1-2H3. The molecule has 1 aromatic heterocycles. The largest absolute Gasteiger partial charge is 0.293 e. The van der Waals surface area contributed by atoms with Crippen LogP contribution in [0.1, 0.15) is 28.7 Å². The summed E-state index contributed by atoms with van der Waals surface area (Å²) in [6.07, 6.45) is 0. The normalized spacial score (nSPS) is 11.0. The highest BCUT2D eigenvalue weighted by Gasteiger charge is 2.21. The second-order valence-corrected chi connectivity index (χ2v) is 6.75. The molecule has 0 radical (unpaired) electrons. The van der Waals surface area contributed by atoms with Crippen LogP contribution in [0, 0.1) is 30.2 Å². The van der Waals surface area contributed by atoms with E-state index < -0.39 is 28.8 Å². The van der Waals surface area contributed by atoms with Crippen LogP contribution >= 0.6 is 11.8 Å². The van der Waals surface area contributed by atoms with Gasteiger partial charge in [0.05, 0.1) is 5.69 Å². The van der Waals surface area contributed by atoms with E-state index in [1.165, 1.54) is 35.8 Å². The summed E-state index contributed by atoms with van der Waals surface area (Å²) in [5, 5.41) is 0.285. The topological polar surface area (TPSA) is 34.9 Å². The molecule has 0 N–H and O–H groups in total. The highest BCUT2D eigenvalue weighted by Crippen LogP contribution is 2.30. The maximum absolute atomic E-state index is 13.9. The Hall–Kier alpha value is -2.61. The van der Waals surface area contributed by atoms with E-state index in [4.69, 9.17) is 0 Å². The lowest BCUT2D eigenvalue weighted by Gasteiger charge is -2.11. The molecular formula is C19H14F4N2OS. The third-order valence-electron chi connectivity index (χ3n) is 3.92. The molecule has 3 nitrogen and oxygen atoms in total. The van der Waals surface area contributed by atoms with Crippen LogP contribution in [0.25, 0.3) is 5.69 Å².